The fraction of sp³-hybridized carbons (Fsp3) is 0.571. The number of aromatic nitrogens is 2. The summed E-state index contributed by atoms with van der Waals surface area (Å²) in [4.78, 5) is 7.54. The predicted octanol–water partition coefficient (Wildman–Crippen LogP) is 4.84. The van der Waals surface area contributed by atoms with Gasteiger partial charge in [-0.25, -0.2) is 4.98 Å². The number of aryl methyl sites for hydroxylation is 2. The third-order valence-electron chi connectivity index (χ3n) is 7.64. The van der Waals surface area contributed by atoms with E-state index < -0.39 is 0 Å². The van der Waals surface area contributed by atoms with Crippen molar-refractivity contribution in [1.29, 1.82) is 0 Å². The van der Waals surface area contributed by atoms with Crippen molar-refractivity contribution in [3.8, 4) is 0 Å². The molecule has 0 N–H and O–H groups in total. The SMILES string of the molecule is Cc1cccc2c1N1C(C)c3c(ncn3C)C1(C)C(C)(C)C2(C)C. The maximum Gasteiger partial charge on any atom is 0.0950 e. The summed E-state index contributed by atoms with van der Waals surface area (Å²) in [5, 5.41) is 0. The number of anilines is 1. The zero-order valence-corrected chi connectivity index (χ0v) is 16.2. The van der Waals surface area contributed by atoms with Gasteiger partial charge in [0.2, 0.25) is 0 Å². The minimum atomic E-state index is -0.119. The summed E-state index contributed by atoms with van der Waals surface area (Å²) in [6, 6.07) is 7.11. The van der Waals surface area contributed by atoms with E-state index in [1.807, 2.05) is 6.33 Å². The van der Waals surface area contributed by atoms with Gasteiger partial charge in [0, 0.05) is 18.2 Å². The minimum Gasteiger partial charge on any atom is -0.351 e. The number of rotatable bonds is 0. The van der Waals surface area contributed by atoms with Crippen LogP contribution in [-0.4, -0.2) is 9.55 Å². The summed E-state index contributed by atoms with van der Waals surface area (Å²) in [6.07, 6.45) is 1.99. The average molecular weight is 323 g/mol. The quantitative estimate of drug-likeness (QED) is 0.691. The molecule has 0 saturated carbocycles. The Morgan fingerprint density at radius 3 is 2.42 bits per heavy atom. The summed E-state index contributed by atoms with van der Waals surface area (Å²) in [5.41, 5.74) is 6.82. The highest BCUT2D eigenvalue weighted by Gasteiger charge is 2.65. The standard InChI is InChI=1S/C21H29N3/c1-13-10-9-11-15-16(13)24-14(2)17-18(22-12-23(17)8)21(24,7)20(5,6)19(15,3)4/h9-12,14H,1-8H3. The number of benzene rings is 1. The molecule has 2 aliphatic rings. The normalized spacial score (nSPS) is 29.2. The van der Waals surface area contributed by atoms with E-state index in [-0.39, 0.29) is 16.4 Å². The molecule has 3 heterocycles. The summed E-state index contributed by atoms with van der Waals surface area (Å²) in [6.45, 7) is 16.6. The van der Waals surface area contributed by atoms with E-state index >= 15 is 0 Å². The van der Waals surface area contributed by atoms with Crippen LogP contribution in [-0.2, 0) is 18.0 Å². The molecule has 1 aromatic carbocycles. The second-order valence-electron chi connectivity index (χ2n) is 8.93. The van der Waals surface area contributed by atoms with Crippen LogP contribution in [0.25, 0.3) is 0 Å². The van der Waals surface area contributed by atoms with Gasteiger partial charge in [-0.15, -0.1) is 0 Å². The summed E-state index contributed by atoms with van der Waals surface area (Å²) in [5.74, 6) is 0. The number of imidazole rings is 1. The lowest BCUT2D eigenvalue weighted by molar-refractivity contribution is 0.0626. The van der Waals surface area contributed by atoms with Crippen molar-refractivity contribution < 1.29 is 0 Å². The molecule has 24 heavy (non-hydrogen) atoms. The van der Waals surface area contributed by atoms with Crippen molar-refractivity contribution in [3.63, 3.8) is 0 Å². The van der Waals surface area contributed by atoms with Crippen LogP contribution in [0.4, 0.5) is 5.69 Å². The van der Waals surface area contributed by atoms with Gasteiger partial charge in [-0.3, -0.25) is 0 Å². The van der Waals surface area contributed by atoms with Crippen LogP contribution in [0, 0.1) is 12.3 Å². The van der Waals surface area contributed by atoms with Crippen molar-refractivity contribution in [3.05, 3.63) is 47.0 Å². The zero-order chi connectivity index (χ0) is 17.7. The molecule has 0 saturated heterocycles. The highest BCUT2D eigenvalue weighted by atomic mass is 15.3. The Kier molecular flexibility index (Phi) is 2.79. The molecule has 0 spiro atoms. The van der Waals surface area contributed by atoms with Crippen LogP contribution in [0.5, 0.6) is 0 Å². The summed E-state index contributed by atoms with van der Waals surface area (Å²) >= 11 is 0. The molecule has 0 radical (unpaired) electrons. The molecule has 0 fully saturated rings. The van der Waals surface area contributed by atoms with Gasteiger partial charge in [-0.2, -0.15) is 0 Å². The molecular weight excluding hydrogens is 294 g/mol. The molecule has 4 rings (SSSR count). The van der Waals surface area contributed by atoms with Crippen molar-refractivity contribution in [2.75, 3.05) is 4.90 Å². The predicted molar refractivity (Wildman–Crippen MR) is 99.4 cm³/mol. The van der Waals surface area contributed by atoms with E-state index in [1.54, 1.807) is 0 Å². The molecular formula is C21H29N3. The van der Waals surface area contributed by atoms with Gasteiger partial charge < -0.3 is 9.47 Å². The molecule has 0 amide bonds. The van der Waals surface area contributed by atoms with Crippen LogP contribution < -0.4 is 4.90 Å². The van der Waals surface area contributed by atoms with Crippen LogP contribution in [0.3, 0.4) is 0 Å². The molecule has 128 valence electrons. The molecule has 2 aromatic rings. The minimum absolute atomic E-state index is 0.0364. The van der Waals surface area contributed by atoms with Crippen LogP contribution in [0.1, 0.15) is 70.1 Å². The maximum absolute atomic E-state index is 4.89. The Balaban J connectivity index is 2.15. The molecule has 2 aliphatic heterocycles. The first-order valence-corrected chi connectivity index (χ1v) is 8.98. The van der Waals surface area contributed by atoms with E-state index in [4.69, 9.17) is 4.98 Å². The number of nitrogens with zero attached hydrogens (tertiary/aromatic N) is 3. The Morgan fingerprint density at radius 2 is 1.75 bits per heavy atom. The smallest absolute Gasteiger partial charge is 0.0950 e. The van der Waals surface area contributed by atoms with Crippen molar-refractivity contribution in [1.82, 2.24) is 9.55 Å². The van der Waals surface area contributed by atoms with E-state index in [1.165, 1.54) is 28.2 Å². The highest BCUT2D eigenvalue weighted by Crippen LogP contribution is 2.66. The molecule has 2 atom stereocenters. The molecule has 0 aliphatic carbocycles. The zero-order valence-electron chi connectivity index (χ0n) is 16.2. The Hall–Kier alpha value is -1.77. The lowest BCUT2D eigenvalue weighted by Gasteiger charge is -2.61. The highest BCUT2D eigenvalue weighted by molar-refractivity contribution is 5.71. The van der Waals surface area contributed by atoms with Crippen molar-refractivity contribution >= 4 is 5.69 Å². The first-order valence-electron chi connectivity index (χ1n) is 8.98. The lowest BCUT2D eigenvalue weighted by atomic mass is 9.52. The lowest BCUT2D eigenvalue weighted by Crippen LogP contribution is -2.62. The Bertz CT molecular complexity index is 843. The second-order valence-corrected chi connectivity index (χ2v) is 8.93. The molecule has 3 heteroatoms. The monoisotopic (exact) mass is 323 g/mol. The topological polar surface area (TPSA) is 21.1 Å². The van der Waals surface area contributed by atoms with Gasteiger partial charge >= 0.3 is 0 Å². The first-order chi connectivity index (χ1) is 11.1. The Labute approximate surface area is 145 Å². The van der Waals surface area contributed by atoms with Crippen LogP contribution in [0.2, 0.25) is 0 Å². The van der Waals surface area contributed by atoms with Gasteiger partial charge in [0.15, 0.2) is 0 Å². The van der Waals surface area contributed by atoms with Gasteiger partial charge in [0.1, 0.15) is 0 Å². The molecule has 2 unspecified atom stereocenters. The van der Waals surface area contributed by atoms with Crippen LogP contribution >= 0.6 is 0 Å². The first kappa shape index (κ1) is 15.7. The number of fused-ring (bicyclic) bond motifs is 5. The summed E-state index contributed by atoms with van der Waals surface area (Å²) in [7, 11) is 2.13. The number of para-hydroxylation sites is 1. The van der Waals surface area contributed by atoms with E-state index in [2.05, 4.69) is 83.2 Å². The van der Waals surface area contributed by atoms with Crippen molar-refractivity contribution in [2.45, 2.75) is 65.5 Å². The molecule has 1 aromatic heterocycles. The third-order valence-corrected chi connectivity index (χ3v) is 7.64. The fourth-order valence-corrected chi connectivity index (χ4v) is 5.37. The number of hydrogen-bond acceptors (Lipinski definition) is 2. The van der Waals surface area contributed by atoms with Crippen LogP contribution in [0.15, 0.2) is 24.5 Å². The molecule has 3 nitrogen and oxygen atoms in total. The fourth-order valence-electron chi connectivity index (χ4n) is 5.37. The van der Waals surface area contributed by atoms with Gasteiger partial charge in [-0.05, 0) is 37.3 Å². The molecule has 0 bridgehead atoms. The van der Waals surface area contributed by atoms with Gasteiger partial charge in [0.05, 0.1) is 29.3 Å². The average Bonchev–Trinajstić information content (AvgIpc) is 2.98. The largest absolute Gasteiger partial charge is 0.351 e. The van der Waals surface area contributed by atoms with Crippen molar-refractivity contribution in [2.24, 2.45) is 12.5 Å². The summed E-state index contributed by atoms with van der Waals surface area (Å²) < 4.78 is 2.21. The van der Waals surface area contributed by atoms with E-state index in [0.717, 1.165) is 0 Å². The van der Waals surface area contributed by atoms with Gasteiger partial charge in [0.25, 0.3) is 0 Å². The van der Waals surface area contributed by atoms with Gasteiger partial charge in [-0.1, -0.05) is 45.9 Å². The maximum atomic E-state index is 4.89. The number of hydrogen-bond donors (Lipinski definition) is 0. The van der Waals surface area contributed by atoms with E-state index in [9.17, 15) is 0 Å². The van der Waals surface area contributed by atoms with E-state index in [0.29, 0.717) is 6.04 Å². The second kappa shape index (κ2) is 4.25. The Morgan fingerprint density at radius 1 is 1.08 bits per heavy atom. The third kappa shape index (κ3) is 1.40.